The van der Waals surface area contributed by atoms with E-state index in [4.69, 9.17) is 4.74 Å². The molecule has 23 heavy (non-hydrogen) atoms. The molecule has 1 amide bonds. The van der Waals surface area contributed by atoms with Crippen LogP contribution in [0.2, 0.25) is 0 Å². The van der Waals surface area contributed by atoms with Gasteiger partial charge in [-0.3, -0.25) is 4.79 Å². The van der Waals surface area contributed by atoms with Crippen LogP contribution in [0.4, 0.5) is 5.69 Å². The number of nitrogens with one attached hydrogen (secondary N) is 1. The van der Waals surface area contributed by atoms with Crippen LogP contribution in [0.5, 0.6) is 5.75 Å². The van der Waals surface area contributed by atoms with Crippen molar-refractivity contribution >= 4 is 34.7 Å². The van der Waals surface area contributed by atoms with Gasteiger partial charge in [-0.05, 0) is 30.7 Å². The molecule has 0 saturated heterocycles. The third-order valence-corrected chi connectivity index (χ3v) is 5.31. The lowest BCUT2D eigenvalue weighted by atomic mass is 9.93. The van der Waals surface area contributed by atoms with E-state index in [1.165, 1.54) is 11.8 Å². The number of thiazole rings is 1. The molecule has 1 N–H and O–H groups in total. The number of amides is 1. The summed E-state index contributed by atoms with van der Waals surface area (Å²) in [5, 5.41) is 4.99. The van der Waals surface area contributed by atoms with E-state index in [9.17, 15) is 4.79 Å². The van der Waals surface area contributed by atoms with E-state index in [-0.39, 0.29) is 11.3 Å². The summed E-state index contributed by atoms with van der Waals surface area (Å²) in [5.74, 6) is 1.10. The second-order valence-electron chi connectivity index (χ2n) is 6.27. The quantitative estimate of drug-likeness (QED) is 0.807. The van der Waals surface area contributed by atoms with Crippen LogP contribution in [0.1, 0.15) is 32.0 Å². The van der Waals surface area contributed by atoms with Gasteiger partial charge in [0.2, 0.25) is 5.91 Å². The number of aryl methyl sites for hydroxylation is 1. The molecule has 124 valence electrons. The molecule has 0 saturated carbocycles. The highest BCUT2D eigenvalue weighted by molar-refractivity contribution is 8.01. The number of carbonyl (C=O) groups is 1. The molecular weight excluding hydrogens is 328 g/mol. The highest BCUT2D eigenvalue weighted by Crippen LogP contribution is 2.29. The van der Waals surface area contributed by atoms with Gasteiger partial charge in [0.15, 0.2) is 4.34 Å². The fourth-order valence-electron chi connectivity index (χ4n) is 1.89. The monoisotopic (exact) mass is 350 g/mol. The molecule has 6 heteroatoms. The van der Waals surface area contributed by atoms with Crippen molar-refractivity contribution in [1.82, 2.24) is 4.98 Å². The first-order valence-corrected chi connectivity index (χ1v) is 9.19. The van der Waals surface area contributed by atoms with E-state index in [1.54, 1.807) is 18.4 Å². The predicted molar refractivity (Wildman–Crippen MR) is 97.9 cm³/mol. The van der Waals surface area contributed by atoms with Crippen molar-refractivity contribution in [2.45, 2.75) is 37.4 Å². The lowest BCUT2D eigenvalue weighted by Gasteiger charge is -2.14. The van der Waals surface area contributed by atoms with E-state index < -0.39 is 0 Å². The van der Waals surface area contributed by atoms with Crippen molar-refractivity contribution in [3.63, 3.8) is 0 Å². The molecule has 0 aliphatic carbocycles. The Morgan fingerprint density at radius 1 is 1.39 bits per heavy atom. The van der Waals surface area contributed by atoms with Crippen LogP contribution < -0.4 is 10.1 Å². The van der Waals surface area contributed by atoms with Crippen molar-refractivity contribution in [1.29, 1.82) is 0 Å². The summed E-state index contributed by atoms with van der Waals surface area (Å²) in [6.45, 7) is 8.35. The van der Waals surface area contributed by atoms with E-state index in [0.717, 1.165) is 27.0 Å². The molecule has 2 rings (SSSR count). The van der Waals surface area contributed by atoms with E-state index in [2.05, 4.69) is 36.5 Å². The second-order valence-corrected chi connectivity index (χ2v) is 8.35. The van der Waals surface area contributed by atoms with Gasteiger partial charge < -0.3 is 10.1 Å². The van der Waals surface area contributed by atoms with Crippen LogP contribution >= 0.6 is 23.1 Å². The standard InChI is InChI=1S/C17H22N2O2S2/c1-11-8-12(21-5)6-7-13(11)18-15(20)10-23-16-19-14(9-22-16)17(2,3)4/h6-9H,10H2,1-5H3,(H,18,20). The molecule has 0 bridgehead atoms. The Balaban J connectivity index is 1.91. The highest BCUT2D eigenvalue weighted by Gasteiger charge is 2.18. The summed E-state index contributed by atoms with van der Waals surface area (Å²) >= 11 is 3.06. The van der Waals surface area contributed by atoms with Gasteiger partial charge in [-0.15, -0.1) is 11.3 Å². The maximum atomic E-state index is 12.1. The summed E-state index contributed by atoms with van der Waals surface area (Å²) in [6.07, 6.45) is 0. The molecule has 1 aromatic heterocycles. The Kier molecular flexibility index (Phi) is 5.70. The summed E-state index contributed by atoms with van der Waals surface area (Å²) in [5.41, 5.74) is 2.90. The summed E-state index contributed by atoms with van der Waals surface area (Å²) < 4.78 is 6.09. The average Bonchev–Trinajstić information content (AvgIpc) is 2.96. The topological polar surface area (TPSA) is 51.2 Å². The van der Waals surface area contributed by atoms with Gasteiger partial charge in [-0.2, -0.15) is 0 Å². The molecule has 0 spiro atoms. The first-order chi connectivity index (χ1) is 10.8. The number of rotatable bonds is 5. The SMILES string of the molecule is COc1ccc(NC(=O)CSc2nc(C(C)(C)C)cs2)c(C)c1. The van der Waals surface area contributed by atoms with E-state index in [1.807, 2.05) is 25.1 Å². The summed E-state index contributed by atoms with van der Waals surface area (Å²) in [4.78, 5) is 16.7. The van der Waals surface area contributed by atoms with Gasteiger partial charge in [-0.25, -0.2) is 4.98 Å². The average molecular weight is 351 g/mol. The fraction of sp³-hybridized carbons (Fsp3) is 0.412. The molecule has 2 aromatic rings. The van der Waals surface area contributed by atoms with Crippen LogP contribution in [-0.2, 0) is 10.2 Å². The zero-order valence-electron chi connectivity index (χ0n) is 14.1. The number of carbonyl (C=O) groups excluding carboxylic acids is 1. The van der Waals surface area contributed by atoms with Gasteiger partial charge in [0.05, 0.1) is 18.6 Å². The van der Waals surface area contributed by atoms with Crippen LogP contribution in [0.15, 0.2) is 27.9 Å². The van der Waals surface area contributed by atoms with Gasteiger partial charge >= 0.3 is 0 Å². The number of hydrogen-bond donors (Lipinski definition) is 1. The van der Waals surface area contributed by atoms with Gasteiger partial charge in [-0.1, -0.05) is 32.5 Å². The largest absolute Gasteiger partial charge is 0.497 e. The lowest BCUT2D eigenvalue weighted by Crippen LogP contribution is -2.15. The molecular formula is C17H22N2O2S2. The minimum atomic E-state index is -0.0317. The number of methoxy groups -OCH3 is 1. The predicted octanol–water partition coefficient (Wildman–Crippen LogP) is 4.49. The Morgan fingerprint density at radius 3 is 2.70 bits per heavy atom. The molecule has 0 aliphatic heterocycles. The van der Waals surface area contributed by atoms with Crippen LogP contribution in [0, 0.1) is 6.92 Å². The number of aromatic nitrogens is 1. The van der Waals surface area contributed by atoms with Crippen LogP contribution in [0.3, 0.4) is 0 Å². The zero-order valence-corrected chi connectivity index (χ0v) is 15.7. The Bertz CT molecular complexity index is 690. The molecule has 1 aromatic carbocycles. The number of nitrogens with zero attached hydrogens (tertiary/aromatic N) is 1. The summed E-state index contributed by atoms with van der Waals surface area (Å²) in [6, 6.07) is 5.60. The Labute approximate surface area is 145 Å². The number of hydrogen-bond acceptors (Lipinski definition) is 5. The van der Waals surface area contributed by atoms with Crippen LogP contribution in [-0.4, -0.2) is 23.8 Å². The van der Waals surface area contributed by atoms with Crippen molar-refractivity contribution in [3.05, 3.63) is 34.8 Å². The normalized spacial score (nSPS) is 11.3. The van der Waals surface area contributed by atoms with E-state index in [0.29, 0.717) is 5.75 Å². The number of ether oxygens (including phenoxy) is 1. The first-order valence-electron chi connectivity index (χ1n) is 7.33. The first kappa shape index (κ1) is 17.8. The molecule has 0 atom stereocenters. The van der Waals surface area contributed by atoms with Crippen molar-refractivity contribution in [3.8, 4) is 5.75 Å². The maximum absolute atomic E-state index is 12.1. The third-order valence-electron chi connectivity index (χ3n) is 3.29. The molecule has 0 fully saturated rings. The van der Waals surface area contributed by atoms with Crippen LogP contribution in [0.25, 0.3) is 0 Å². The lowest BCUT2D eigenvalue weighted by molar-refractivity contribution is -0.113. The molecule has 0 radical (unpaired) electrons. The van der Waals surface area contributed by atoms with Gasteiger partial charge in [0, 0.05) is 16.5 Å². The Hall–Kier alpha value is -1.53. The van der Waals surface area contributed by atoms with Gasteiger partial charge in [0.1, 0.15) is 5.75 Å². The molecule has 0 aliphatic rings. The maximum Gasteiger partial charge on any atom is 0.234 e. The number of thioether (sulfide) groups is 1. The molecule has 0 unspecified atom stereocenters. The zero-order chi connectivity index (χ0) is 17.0. The molecule has 1 heterocycles. The van der Waals surface area contributed by atoms with Crippen molar-refractivity contribution in [2.75, 3.05) is 18.2 Å². The van der Waals surface area contributed by atoms with Gasteiger partial charge in [0.25, 0.3) is 0 Å². The minimum Gasteiger partial charge on any atom is -0.497 e. The number of anilines is 1. The molecule has 4 nitrogen and oxygen atoms in total. The highest BCUT2D eigenvalue weighted by atomic mass is 32.2. The number of benzene rings is 1. The Morgan fingerprint density at radius 2 is 2.13 bits per heavy atom. The van der Waals surface area contributed by atoms with Crippen molar-refractivity contribution < 1.29 is 9.53 Å². The van der Waals surface area contributed by atoms with E-state index >= 15 is 0 Å². The smallest absolute Gasteiger partial charge is 0.234 e. The second kappa shape index (κ2) is 7.36. The fourth-order valence-corrected chi connectivity index (χ4v) is 3.74. The third kappa shape index (κ3) is 4.97. The minimum absolute atomic E-state index is 0.0317. The van der Waals surface area contributed by atoms with Crippen molar-refractivity contribution in [2.24, 2.45) is 0 Å². The summed E-state index contributed by atoms with van der Waals surface area (Å²) in [7, 11) is 1.63.